The van der Waals surface area contributed by atoms with E-state index < -0.39 is 23.7 Å². The standard InChI is InChI=1S/C14H15ClFNO4/c1-21-5-4-17-12(18)7-10(14(19)20)13(17)9-3-2-8(16)6-11(9)15/h2-3,6,10,13H,4-5,7H2,1H3,(H,19,20). The van der Waals surface area contributed by atoms with Crippen LogP contribution in [0.15, 0.2) is 18.2 Å². The zero-order valence-corrected chi connectivity index (χ0v) is 12.1. The summed E-state index contributed by atoms with van der Waals surface area (Å²) in [6, 6.07) is 3.04. The molecular formula is C14H15ClFNO4. The van der Waals surface area contributed by atoms with Crippen molar-refractivity contribution in [1.82, 2.24) is 4.90 Å². The van der Waals surface area contributed by atoms with Crippen molar-refractivity contribution in [3.63, 3.8) is 0 Å². The fourth-order valence-electron chi connectivity index (χ4n) is 2.59. The van der Waals surface area contributed by atoms with Crippen molar-refractivity contribution >= 4 is 23.5 Å². The molecule has 2 rings (SSSR count). The smallest absolute Gasteiger partial charge is 0.309 e. The highest BCUT2D eigenvalue weighted by molar-refractivity contribution is 6.31. The molecule has 5 nitrogen and oxygen atoms in total. The lowest BCUT2D eigenvalue weighted by atomic mass is 9.93. The Morgan fingerprint density at radius 1 is 1.57 bits per heavy atom. The summed E-state index contributed by atoms with van der Waals surface area (Å²) in [5.74, 6) is -2.76. The molecule has 2 atom stereocenters. The molecule has 7 heteroatoms. The first-order chi connectivity index (χ1) is 9.95. The second-order valence-corrected chi connectivity index (χ2v) is 5.25. The number of carboxylic acid groups (broad SMARTS) is 1. The van der Waals surface area contributed by atoms with E-state index in [2.05, 4.69) is 0 Å². The van der Waals surface area contributed by atoms with Crippen LogP contribution in [0, 0.1) is 11.7 Å². The van der Waals surface area contributed by atoms with E-state index in [4.69, 9.17) is 16.3 Å². The maximum absolute atomic E-state index is 13.2. The number of carboxylic acids is 1. The highest BCUT2D eigenvalue weighted by Gasteiger charge is 2.45. The molecule has 1 aromatic carbocycles. The molecule has 1 N–H and O–H groups in total. The number of likely N-dealkylation sites (tertiary alicyclic amines) is 1. The lowest BCUT2D eigenvalue weighted by Crippen LogP contribution is -2.33. The van der Waals surface area contributed by atoms with Crippen LogP contribution in [0.5, 0.6) is 0 Å². The van der Waals surface area contributed by atoms with Crippen molar-refractivity contribution in [3.8, 4) is 0 Å². The van der Waals surface area contributed by atoms with Gasteiger partial charge in [-0.2, -0.15) is 0 Å². The third-order valence-corrected chi connectivity index (χ3v) is 3.89. The summed E-state index contributed by atoms with van der Waals surface area (Å²) in [5, 5.41) is 9.44. The van der Waals surface area contributed by atoms with E-state index in [-0.39, 0.29) is 30.5 Å². The quantitative estimate of drug-likeness (QED) is 0.903. The second-order valence-electron chi connectivity index (χ2n) is 4.84. The molecule has 114 valence electrons. The summed E-state index contributed by atoms with van der Waals surface area (Å²) < 4.78 is 18.1. The number of nitrogens with zero attached hydrogens (tertiary/aromatic N) is 1. The van der Waals surface area contributed by atoms with E-state index >= 15 is 0 Å². The summed E-state index contributed by atoms with van der Waals surface area (Å²) in [5.41, 5.74) is 0.437. The van der Waals surface area contributed by atoms with Crippen molar-refractivity contribution in [2.75, 3.05) is 20.3 Å². The topological polar surface area (TPSA) is 66.8 Å². The molecule has 0 bridgehead atoms. The average molecular weight is 316 g/mol. The fourth-order valence-corrected chi connectivity index (χ4v) is 2.87. The van der Waals surface area contributed by atoms with Crippen LogP contribution in [0.4, 0.5) is 4.39 Å². The molecule has 1 fully saturated rings. The maximum Gasteiger partial charge on any atom is 0.309 e. The van der Waals surface area contributed by atoms with Crippen molar-refractivity contribution in [1.29, 1.82) is 0 Å². The summed E-state index contributed by atoms with van der Waals surface area (Å²) in [6.45, 7) is 0.547. The molecule has 2 unspecified atom stereocenters. The largest absolute Gasteiger partial charge is 0.481 e. The lowest BCUT2D eigenvalue weighted by molar-refractivity contribution is -0.142. The van der Waals surface area contributed by atoms with Crippen molar-refractivity contribution < 1.29 is 23.8 Å². The minimum absolute atomic E-state index is 0.0998. The highest BCUT2D eigenvalue weighted by Crippen LogP contribution is 2.41. The molecule has 1 saturated heterocycles. The van der Waals surface area contributed by atoms with Crippen LogP contribution in [0.2, 0.25) is 5.02 Å². The Bertz CT molecular complexity index is 566. The van der Waals surface area contributed by atoms with Gasteiger partial charge in [-0.3, -0.25) is 9.59 Å². The second kappa shape index (κ2) is 6.41. The Kier molecular flexibility index (Phi) is 4.80. The number of methoxy groups -OCH3 is 1. The lowest BCUT2D eigenvalue weighted by Gasteiger charge is -2.27. The van der Waals surface area contributed by atoms with Gasteiger partial charge in [-0.15, -0.1) is 0 Å². The van der Waals surface area contributed by atoms with E-state index in [0.717, 1.165) is 6.07 Å². The number of ether oxygens (including phenoxy) is 1. The SMILES string of the molecule is COCCN1C(=O)CC(C(=O)O)C1c1ccc(F)cc1Cl. The molecule has 0 radical (unpaired) electrons. The van der Waals surface area contributed by atoms with Crippen LogP contribution < -0.4 is 0 Å². The number of carbonyl (C=O) groups excluding carboxylic acids is 1. The van der Waals surface area contributed by atoms with Crippen molar-refractivity contribution in [2.24, 2.45) is 5.92 Å². The zero-order valence-electron chi connectivity index (χ0n) is 11.4. The molecule has 0 spiro atoms. The van der Waals surface area contributed by atoms with Crippen LogP contribution in [0.3, 0.4) is 0 Å². The van der Waals surface area contributed by atoms with Gasteiger partial charge < -0.3 is 14.7 Å². The number of amides is 1. The first-order valence-corrected chi connectivity index (χ1v) is 6.79. The number of benzene rings is 1. The van der Waals surface area contributed by atoms with E-state index in [1.165, 1.54) is 24.1 Å². The normalized spacial score (nSPS) is 21.9. The third kappa shape index (κ3) is 3.16. The maximum atomic E-state index is 13.2. The first kappa shape index (κ1) is 15.7. The number of rotatable bonds is 5. The summed E-state index contributed by atoms with van der Waals surface area (Å²) in [7, 11) is 1.50. The molecule has 1 aliphatic rings. The number of aliphatic carboxylic acids is 1. The fraction of sp³-hybridized carbons (Fsp3) is 0.429. The molecular weight excluding hydrogens is 301 g/mol. The number of carbonyl (C=O) groups is 2. The monoisotopic (exact) mass is 315 g/mol. The predicted molar refractivity (Wildman–Crippen MR) is 73.5 cm³/mol. The van der Waals surface area contributed by atoms with Crippen LogP contribution in [0.25, 0.3) is 0 Å². The Balaban J connectivity index is 2.41. The van der Waals surface area contributed by atoms with Crippen molar-refractivity contribution in [2.45, 2.75) is 12.5 Å². The van der Waals surface area contributed by atoms with Crippen LogP contribution >= 0.6 is 11.6 Å². The summed E-state index contributed by atoms with van der Waals surface area (Å²) in [6.07, 6.45) is -0.0998. The Hall–Kier alpha value is -1.66. The molecule has 0 aliphatic carbocycles. The number of halogens is 2. The first-order valence-electron chi connectivity index (χ1n) is 6.42. The van der Waals surface area contributed by atoms with Gasteiger partial charge in [0, 0.05) is 25.1 Å². The summed E-state index contributed by atoms with van der Waals surface area (Å²) >= 11 is 6.02. The van der Waals surface area contributed by atoms with Gasteiger partial charge in [0.05, 0.1) is 18.6 Å². The molecule has 1 aliphatic heterocycles. The number of hydrogen-bond acceptors (Lipinski definition) is 3. The van der Waals surface area contributed by atoms with Gasteiger partial charge in [-0.05, 0) is 17.7 Å². The minimum atomic E-state index is -1.08. The Morgan fingerprint density at radius 2 is 2.29 bits per heavy atom. The van der Waals surface area contributed by atoms with E-state index in [9.17, 15) is 19.1 Å². The average Bonchev–Trinajstić information content (AvgIpc) is 2.74. The highest BCUT2D eigenvalue weighted by atomic mass is 35.5. The van der Waals surface area contributed by atoms with E-state index in [1.54, 1.807) is 0 Å². The summed E-state index contributed by atoms with van der Waals surface area (Å²) in [4.78, 5) is 24.9. The predicted octanol–water partition coefficient (Wildman–Crippen LogP) is 2.10. The van der Waals surface area contributed by atoms with E-state index in [0.29, 0.717) is 5.56 Å². The van der Waals surface area contributed by atoms with Crippen molar-refractivity contribution in [3.05, 3.63) is 34.6 Å². The number of hydrogen-bond donors (Lipinski definition) is 1. The van der Waals surface area contributed by atoms with Crippen LogP contribution in [-0.4, -0.2) is 42.1 Å². The van der Waals surface area contributed by atoms with Gasteiger partial charge in [-0.1, -0.05) is 17.7 Å². The Morgan fingerprint density at radius 3 is 2.86 bits per heavy atom. The van der Waals surface area contributed by atoms with Crippen LogP contribution in [-0.2, 0) is 14.3 Å². The van der Waals surface area contributed by atoms with Gasteiger partial charge in [-0.25, -0.2) is 4.39 Å². The molecule has 1 aromatic rings. The molecule has 0 aromatic heterocycles. The minimum Gasteiger partial charge on any atom is -0.481 e. The van der Waals surface area contributed by atoms with Crippen LogP contribution in [0.1, 0.15) is 18.0 Å². The van der Waals surface area contributed by atoms with Gasteiger partial charge in [0.25, 0.3) is 0 Å². The Labute approximate surface area is 126 Å². The van der Waals surface area contributed by atoms with Gasteiger partial charge in [0.1, 0.15) is 5.82 Å². The zero-order chi connectivity index (χ0) is 15.6. The van der Waals surface area contributed by atoms with Gasteiger partial charge in [0.15, 0.2) is 0 Å². The molecule has 0 saturated carbocycles. The third-order valence-electron chi connectivity index (χ3n) is 3.57. The van der Waals surface area contributed by atoms with Gasteiger partial charge >= 0.3 is 5.97 Å². The molecule has 1 amide bonds. The van der Waals surface area contributed by atoms with Gasteiger partial charge in [0.2, 0.25) is 5.91 Å². The molecule has 21 heavy (non-hydrogen) atoms. The van der Waals surface area contributed by atoms with E-state index in [1.807, 2.05) is 0 Å². The molecule has 1 heterocycles.